The number of hydrogen-bond acceptors (Lipinski definition) is 2. The van der Waals surface area contributed by atoms with E-state index >= 15 is 0 Å². The van der Waals surface area contributed by atoms with Gasteiger partial charge in [0.15, 0.2) is 0 Å². The molecular weight excluding hydrogens is 242 g/mol. The topological polar surface area (TPSA) is 60.8 Å². The fraction of sp³-hybridized carbons (Fsp3) is 0.533. The van der Waals surface area contributed by atoms with Gasteiger partial charge in [-0.2, -0.15) is 0 Å². The second-order valence-electron chi connectivity index (χ2n) is 5.27. The van der Waals surface area contributed by atoms with E-state index < -0.39 is 6.09 Å². The summed E-state index contributed by atoms with van der Waals surface area (Å²) in [5.74, 6) is 0.247. The number of aliphatic hydroxyl groups is 1. The van der Waals surface area contributed by atoms with Crippen LogP contribution in [0.2, 0.25) is 0 Å². The summed E-state index contributed by atoms with van der Waals surface area (Å²) in [6.45, 7) is 0.592. The lowest BCUT2D eigenvalue weighted by Crippen LogP contribution is -2.42. The Balaban J connectivity index is 2.05. The summed E-state index contributed by atoms with van der Waals surface area (Å²) in [6.07, 6.45) is 2.80. The molecule has 2 unspecified atom stereocenters. The third-order valence-corrected chi connectivity index (χ3v) is 3.90. The highest BCUT2D eigenvalue weighted by Crippen LogP contribution is 2.28. The predicted octanol–water partition coefficient (Wildman–Crippen LogP) is 2.72. The first kappa shape index (κ1) is 13.9. The average Bonchev–Trinajstić information content (AvgIpc) is 2.45. The van der Waals surface area contributed by atoms with Gasteiger partial charge in [-0.15, -0.1) is 0 Å². The van der Waals surface area contributed by atoms with E-state index in [1.54, 1.807) is 0 Å². The molecule has 1 aromatic rings. The molecule has 2 atom stereocenters. The fourth-order valence-electron chi connectivity index (χ4n) is 2.84. The van der Waals surface area contributed by atoms with Crippen molar-refractivity contribution in [2.24, 2.45) is 5.92 Å². The molecule has 4 nitrogen and oxygen atoms in total. The summed E-state index contributed by atoms with van der Waals surface area (Å²) in [5, 5.41) is 18.7. The molecule has 0 aromatic heterocycles. The molecule has 1 aromatic carbocycles. The molecule has 1 aliphatic carbocycles. The number of amides is 1. The Hall–Kier alpha value is -1.55. The highest BCUT2D eigenvalue weighted by atomic mass is 16.4. The summed E-state index contributed by atoms with van der Waals surface area (Å²) in [7, 11) is 0. The maximum atomic E-state index is 11.5. The molecule has 0 spiro atoms. The zero-order chi connectivity index (χ0) is 13.7. The number of carbonyl (C=O) groups is 1. The zero-order valence-corrected chi connectivity index (χ0v) is 11.0. The van der Waals surface area contributed by atoms with Gasteiger partial charge in [0, 0.05) is 19.2 Å². The molecule has 1 aliphatic rings. The van der Waals surface area contributed by atoms with Crippen LogP contribution in [0, 0.1) is 5.92 Å². The first-order chi connectivity index (χ1) is 9.20. The molecule has 1 saturated carbocycles. The fourth-order valence-corrected chi connectivity index (χ4v) is 2.84. The van der Waals surface area contributed by atoms with Crippen LogP contribution in [-0.4, -0.2) is 33.9 Å². The van der Waals surface area contributed by atoms with Crippen LogP contribution in [0.1, 0.15) is 31.2 Å². The van der Waals surface area contributed by atoms with Gasteiger partial charge < -0.3 is 15.1 Å². The molecule has 0 radical (unpaired) electrons. The number of aliphatic hydroxyl groups excluding tert-OH is 1. The molecule has 0 heterocycles. The van der Waals surface area contributed by atoms with Crippen molar-refractivity contribution < 1.29 is 15.0 Å². The molecule has 1 fully saturated rings. The van der Waals surface area contributed by atoms with Crippen molar-refractivity contribution in [2.45, 2.75) is 38.3 Å². The number of nitrogens with zero attached hydrogens (tertiary/aromatic N) is 1. The van der Waals surface area contributed by atoms with Gasteiger partial charge in [-0.3, -0.25) is 0 Å². The van der Waals surface area contributed by atoms with Crippen molar-refractivity contribution in [2.75, 3.05) is 6.61 Å². The Morgan fingerprint density at radius 1 is 1.26 bits per heavy atom. The summed E-state index contributed by atoms with van der Waals surface area (Å²) in [6, 6.07) is 9.70. The van der Waals surface area contributed by atoms with E-state index in [-0.39, 0.29) is 18.6 Å². The number of carboxylic acid groups (broad SMARTS) is 1. The van der Waals surface area contributed by atoms with Gasteiger partial charge >= 0.3 is 6.09 Å². The van der Waals surface area contributed by atoms with Crippen molar-refractivity contribution in [3.05, 3.63) is 35.9 Å². The average molecular weight is 263 g/mol. The third kappa shape index (κ3) is 3.70. The normalized spacial score (nSPS) is 23.0. The lowest BCUT2D eigenvalue weighted by atomic mass is 9.85. The van der Waals surface area contributed by atoms with Gasteiger partial charge in [0.1, 0.15) is 0 Å². The van der Waals surface area contributed by atoms with E-state index in [0.29, 0.717) is 6.54 Å². The van der Waals surface area contributed by atoms with Gasteiger partial charge in [0.2, 0.25) is 0 Å². The van der Waals surface area contributed by atoms with Crippen LogP contribution >= 0.6 is 0 Å². The molecule has 2 rings (SSSR count). The number of rotatable bonds is 4. The van der Waals surface area contributed by atoms with E-state index in [9.17, 15) is 15.0 Å². The molecule has 19 heavy (non-hydrogen) atoms. The molecule has 0 saturated heterocycles. The van der Waals surface area contributed by atoms with Gasteiger partial charge in [-0.1, -0.05) is 36.8 Å². The Labute approximate surface area is 113 Å². The zero-order valence-electron chi connectivity index (χ0n) is 11.0. The molecule has 104 valence electrons. The minimum Gasteiger partial charge on any atom is -0.465 e. The monoisotopic (exact) mass is 263 g/mol. The maximum absolute atomic E-state index is 11.5. The van der Waals surface area contributed by atoms with E-state index in [1.165, 1.54) is 4.90 Å². The summed E-state index contributed by atoms with van der Waals surface area (Å²) >= 11 is 0. The Kier molecular flexibility index (Phi) is 4.80. The Morgan fingerprint density at radius 3 is 2.63 bits per heavy atom. The first-order valence-corrected chi connectivity index (χ1v) is 6.85. The van der Waals surface area contributed by atoms with Crippen molar-refractivity contribution in [1.82, 2.24) is 4.90 Å². The Morgan fingerprint density at radius 2 is 2.00 bits per heavy atom. The third-order valence-electron chi connectivity index (χ3n) is 3.90. The van der Waals surface area contributed by atoms with Crippen molar-refractivity contribution in [1.29, 1.82) is 0 Å². The highest BCUT2D eigenvalue weighted by Gasteiger charge is 2.29. The van der Waals surface area contributed by atoms with Crippen LogP contribution in [0.4, 0.5) is 4.79 Å². The van der Waals surface area contributed by atoms with Gasteiger partial charge in [0.25, 0.3) is 0 Å². The van der Waals surface area contributed by atoms with Crippen LogP contribution in [0.5, 0.6) is 0 Å². The van der Waals surface area contributed by atoms with Crippen molar-refractivity contribution in [3.63, 3.8) is 0 Å². The largest absolute Gasteiger partial charge is 0.465 e. The van der Waals surface area contributed by atoms with Crippen LogP contribution in [0.3, 0.4) is 0 Å². The standard InChI is InChI=1S/C15H21NO3/c17-11-13-7-4-8-14(9-13)16(15(18)19)10-12-5-2-1-3-6-12/h1-3,5-6,13-14,17H,4,7-11H2,(H,18,19). The molecular formula is C15H21NO3. The number of benzene rings is 1. The SMILES string of the molecule is O=C(O)N(Cc1ccccc1)C1CCCC(CO)C1. The number of hydrogen-bond donors (Lipinski definition) is 2. The second-order valence-corrected chi connectivity index (χ2v) is 5.27. The lowest BCUT2D eigenvalue weighted by molar-refractivity contribution is 0.0825. The molecule has 2 N–H and O–H groups in total. The molecule has 4 heteroatoms. The summed E-state index contributed by atoms with van der Waals surface area (Å²) in [4.78, 5) is 13.0. The van der Waals surface area contributed by atoms with Gasteiger partial charge in [-0.05, 0) is 30.7 Å². The van der Waals surface area contributed by atoms with Crippen LogP contribution in [-0.2, 0) is 6.54 Å². The lowest BCUT2D eigenvalue weighted by Gasteiger charge is -2.35. The minimum absolute atomic E-state index is 0.0311. The van der Waals surface area contributed by atoms with Gasteiger partial charge in [0.05, 0.1) is 0 Å². The molecule has 1 amide bonds. The van der Waals surface area contributed by atoms with E-state index in [0.717, 1.165) is 31.2 Å². The van der Waals surface area contributed by atoms with Crippen molar-refractivity contribution >= 4 is 6.09 Å². The predicted molar refractivity (Wildman–Crippen MR) is 72.8 cm³/mol. The van der Waals surface area contributed by atoms with E-state index in [2.05, 4.69) is 0 Å². The van der Waals surface area contributed by atoms with Crippen LogP contribution in [0.15, 0.2) is 30.3 Å². The van der Waals surface area contributed by atoms with E-state index in [1.807, 2.05) is 30.3 Å². The van der Waals surface area contributed by atoms with Crippen molar-refractivity contribution in [3.8, 4) is 0 Å². The summed E-state index contributed by atoms with van der Waals surface area (Å²) in [5.41, 5.74) is 1.01. The Bertz CT molecular complexity index is 407. The maximum Gasteiger partial charge on any atom is 0.407 e. The smallest absolute Gasteiger partial charge is 0.407 e. The minimum atomic E-state index is -0.868. The van der Waals surface area contributed by atoms with Gasteiger partial charge in [-0.25, -0.2) is 4.79 Å². The van der Waals surface area contributed by atoms with Crippen LogP contribution < -0.4 is 0 Å². The van der Waals surface area contributed by atoms with Crippen LogP contribution in [0.25, 0.3) is 0 Å². The molecule has 0 aliphatic heterocycles. The van der Waals surface area contributed by atoms with E-state index in [4.69, 9.17) is 0 Å². The molecule has 0 bridgehead atoms. The second kappa shape index (κ2) is 6.57. The highest BCUT2D eigenvalue weighted by molar-refractivity contribution is 5.65. The first-order valence-electron chi connectivity index (χ1n) is 6.85. The summed E-state index contributed by atoms with van der Waals surface area (Å²) < 4.78 is 0. The quantitative estimate of drug-likeness (QED) is 0.878.